The summed E-state index contributed by atoms with van der Waals surface area (Å²) in [6.07, 6.45) is 3.93. The molecule has 0 bridgehead atoms. The van der Waals surface area contributed by atoms with E-state index >= 15 is 0 Å². The van der Waals surface area contributed by atoms with Crippen LogP contribution in [-0.4, -0.2) is 10.9 Å². The van der Waals surface area contributed by atoms with Crippen molar-refractivity contribution in [2.45, 2.75) is 44.0 Å². The van der Waals surface area contributed by atoms with E-state index in [-0.39, 0.29) is 4.75 Å². The Hall–Kier alpha value is 0.770. The van der Waals surface area contributed by atoms with Gasteiger partial charge in [0.2, 0.25) is 0 Å². The Bertz CT molecular complexity index is 261. The van der Waals surface area contributed by atoms with E-state index in [4.69, 9.17) is 15.8 Å². The molecule has 0 amide bonds. The van der Waals surface area contributed by atoms with Crippen molar-refractivity contribution >= 4 is 29.3 Å². The van der Waals surface area contributed by atoms with Gasteiger partial charge in [0.25, 0.3) is 0 Å². The van der Waals surface area contributed by atoms with Crippen molar-refractivity contribution in [3.8, 4) is 0 Å². The summed E-state index contributed by atoms with van der Waals surface area (Å²) in [5, 5.41) is 0. The van der Waals surface area contributed by atoms with Crippen LogP contribution in [0.4, 0.5) is 0 Å². The fourth-order valence-electron chi connectivity index (χ4n) is 2.24. The average Bonchev–Trinajstić information content (AvgIpc) is 2.37. The van der Waals surface area contributed by atoms with Crippen molar-refractivity contribution in [3.63, 3.8) is 0 Å². The van der Waals surface area contributed by atoms with Gasteiger partial charge in [0.05, 0.1) is 6.10 Å². The van der Waals surface area contributed by atoms with E-state index in [1.165, 1.54) is 18.4 Å². The van der Waals surface area contributed by atoms with E-state index < -0.39 is 6.70 Å². The van der Waals surface area contributed by atoms with Gasteiger partial charge in [-0.15, -0.1) is 0 Å². The van der Waals surface area contributed by atoms with Gasteiger partial charge in [-0.05, 0) is 39.0 Å². The Morgan fingerprint density at radius 1 is 1.71 bits per heavy atom. The largest absolute Gasteiger partial charge is 0.330 e. The van der Waals surface area contributed by atoms with Crippen molar-refractivity contribution in [1.82, 2.24) is 0 Å². The maximum absolute atomic E-state index is 6.09. The van der Waals surface area contributed by atoms with Crippen LogP contribution >= 0.6 is 29.3 Å². The van der Waals surface area contributed by atoms with E-state index in [0.29, 0.717) is 12.0 Å². The van der Waals surface area contributed by atoms with Crippen LogP contribution in [-0.2, 0) is 4.52 Å². The molecular formula is C10H16ClOPS. The lowest BCUT2D eigenvalue weighted by Gasteiger charge is -2.37. The third kappa shape index (κ3) is 2.00. The Morgan fingerprint density at radius 3 is 3.07 bits per heavy atom. The summed E-state index contributed by atoms with van der Waals surface area (Å²) in [6.45, 7) is 7.72. The molecule has 0 radical (unpaired) electrons. The molecule has 0 aromatic carbocycles. The van der Waals surface area contributed by atoms with Gasteiger partial charge in [0, 0.05) is 4.75 Å². The zero-order chi connectivity index (χ0) is 10.3. The predicted molar refractivity (Wildman–Crippen MR) is 65.8 cm³/mol. The summed E-state index contributed by atoms with van der Waals surface area (Å²) in [5.74, 6) is 0.645. The minimum atomic E-state index is -0.743. The minimum Gasteiger partial charge on any atom is -0.330 e. The van der Waals surface area contributed by atoms with Crippen LogP contribution in [0.1, 0.15) is 33.1 Å². The summed E-state index contributed by atoms with van der Waals surface area (Å²) in [4.78, 5) is 0. The number of rotatable bonds is 1. The molecule has 2 aliphatic rings. The summed E-state index contributed by atoms with van der Waals surface area (Å²) in [7, 11) is 0. The van der Waals surface area contributed by atoms with Crippen molar-refractivity contribution in [3.05, 3.63) is 12.2 Å². The highest BCUT2D eigenvalue weighted by atomic mass is 35.7. The normalized spacial score (nSPS) is 47.5. The van der Waals surface area contributed by atoms with Crippen LogP contribution in [0.2, 0.25) is 0 Å². The highest BCUT2D eigenvalue weighted by molar-refractivity contribution is 8.62. The third-order valence-corrected chi connectivity index (χ3v) is 7.60. The van der Waals surface area contributed by atoms with Crippen LogP contribution in [0.25, 0.3) is 0 Å². The number of fused-ring (bicyclic) bond motifs is 1. The lowest BCUT2D eigenvalue weighted by molar-refractivity contribution is 0.129. The summed E-state index contributed by atoms with van der Waals surface area (Å²) < 4.78 is 6.08. The van der Waals surface area contributed by atoms with Gasteiger partial charge >= 0.3 is 0 Å². The molecule has 1 aliphatic carbocycles. The van der Waals surface area contributed by atoms with Crippen molar-refractivity contribution in [2.24, 2.45) is 5.92 Å². The van der Waals surface area contributed by atoms with Gasteiger partial charge in [-0.2, -0.15) is 0 Å². The Kier molecular flexibility index (Phi) is 3.20. The standard InChI is InChI=1S/C10H16ClOPS/c1-7(2)8-4-5-10(3)9(6-8)12-13(11)14-10/h8-9H,1,4-6H2,2-3H3/t8?,9-,10-,13?/m0/s1. The van der Waals surface area contributed by atoms with Crippen molar-refractivity contribution in [1.29, 1.82) is 0 Å². The molecule has 4 heteroatoms. The number of hydrogen-bond acceptors (Lipinski definition) is 2. The van der Waals surface area contributed by atoms with Gasteiger partial charge in [0.15, 0.2) is 6.70 Å². The zero-order valence-corrected chi connectivity index (χ0v) is 11.1. The highest BCUT2D eigenvalue weighted by Gasteiger charge is 2.49. The number of halogens is 1. The number of hydrogen-bond donors (Lipinski definition) is 0. The van der Waals surface area contributed by atoms with E-state index in [2.05, 4.69) is 20.4 Å². The smallest absolute Gasteiger partial charge is 0.189 e. The molecule has 1 nitrogen and oxygen atoms in total. The van der Waals surface area contributed by atoms with E-state index in [9.17, 15) is 0 Å². The fraction of sp³-hybridized carbons (Fsp3) is 0.800. The van der Waals surface area contributed by atoms with E-state index in [1.807, 2.05) is 11.4 Å². The van der Waals surface area contributed by atoms with Crippen LogP contribution in [0.5, 0.6) is 0 Å². The Labute approximate surface area is 96.0 Å². The van der Waals surface area contributed by atoms with Gasteiger partial charge in [-0.25, -0.2) is 0 Å². The second-order valence-electron chi connectivity index (χ2n) is 4.53. The molecule has 0 N–H and O–H groups in total. The molecule has 2 fully saturated rings. The molecule has 80 valence electrons. The first-order chi connectivity index (χ1) is 6.51. The molecule has 0 aromatic heterocycles. The third-order valence-electron chi connectivity index (χ3n) is 3.36. The second kappa shape index (κ2) is 3.97. The average molecular weight is 251 g/mol. The van der Waals surface area contributed by atoms with Crippen molar-refractivity contribution in [2.75, 3.05) is 0 Å². The number of allylic oxidation sites excluding steroid dienone is 1. The lowest BCUT2D eigenvalue weighted by Crippen LogP contribution is -2.39. The van der Waals surface area contributed by atoms with Crippen molar-refractivity contribution < 1.29 is 4.52 Å². The topological polar surface area (TPSA) is 9.23 Å². The minimum absolute atomic E-state index is 0.277. The second-order valence-corrected chi connectivity index (χ2v) is 9.34. The van der Waals surface area contributed by atoms with Gasteiger partial charge in [0.1, 0.15) is 0 Å². The zero-order valence-electron chi connectivity index (χ0n) is 8.62. The summed E-state index contributed by atoms with van der Waals surface area (Å²) in [5.41, 5.74) is 1.30. The molecule has 1 saturated carbocycles. The van der Waals surface area contributed by atoms with Gasteiger partial charge in [-0.3, -0.25) is 0 Å². The van der Waals surface area contributed by atoms with E-state index in [1.54, 1.807) is 0 Å². The molecule has 2 unspecified atom stereocenters. The first kappa shape index (κ1) is 11.3. The van der Waals surface area contributed by atoms with Gasteiger partial charge in [-0.1, -0.05) is 34.8 Å². The molecule has 1 heterocycles. The Morgan fingerprint density at radius 2 is 2.43 bits per heavy atom. The molecule has 1 saturated heterocycles. The first-order valence-electron chi connectivity index (χ1n) is 4.98. The maximum Gasteiger partial charge on any atom is 0.189 e. The van der Waals surface area contributed by atoms with Crippen LogP contribution in [0, 0.1) is 5.92 Å². The molecule has 4 atom stereocenters. The molecule has 0 aromatic rings. The van der Waals surface area contributed by atoms with Crippen LogP contribution < -0.4 is 0 Å². The van der Waals surface area contributed by atoms with E-state index in [0.717, 1.165) is 6.42 Å². The first-order valence-corrected chi connectivity index (χ1v) is 8.57. The molecule has 14 heavy (non-hydrogen) atoms. The predicted octanol–water partition coefficient (Wildman–Crippen LogP) is 4.72. The quantitative estimate of drug-likeness (QED) is 0.492. The van der Waals surface area contributed by atoms with Gasteiger partial charge < -0.3 is 4.52 Å². The molecular weight excluding hydrogens is 235 g/mol. The van der Waals surface area contributed by atoms with Crippen LogP contribution in [0.15, 0.2) is 12.2 Å². The lowest BCUT2D eigenvalue weighted by atomic mass is 9.77. The molecule has 2 rings (SSSR count). The van der Waals surface area contributed by atoms with Crippen LogP contribution in [0.3, 0.4) is 0 Å². The molecule has 1 aliphatic heterocycles. The fourth-order valence-corrected chi connectivity index (χ4v) is 7.43. The highest BCUT2D eigenvalue weighted by Crippen LogP contribution is 2.71. The SMILES string of the molecule is C=C(C)C1CC[C@]2(C)SP(Cl)O[C@H]2C1. The monoisotopic (exact) mass is 250 g/mol. The molecule has 0 spiro atoms. The maximum atomic E-state index is 6.09. The Balaban J connectivity index is 2.07. The summed E-state index contributed by atoms with van der Waals surface area (Å²) in [6, 6.07) is 0. The summed E-state index contributed by atoms with van der Waals surface area (Å²) >= 11 is 7.93.